The molecule has 2 aromatic heterocycles. The van der Waals surface area contributed by atoms with Gasteiger partial charge in [0.1, 0.15) is 10.3 Å². The fourth-order valence-corrected chi connectivity index (χ4v) is 2.91. The molecule has 20 heavy (non-hydrogen) atoms. The number of benzene rings is 1. The largest absolute Gasteiger partial charge is 0.322 e. The van der Waals surface area contributed by atoms with Crippen LogP contribution in [-0.4, -0.2) is 15.9 Å². The minimum Gasteiger partial charge on any atom is -0.322 e. The number of rotatable bonds is 2. The van der Waals surface area contributed by atoms with Crippen LogP contribution in [0.2, 0.25) is 10.3 Å². The maximum atomic E-state index is 12.2. The van der Waals surface area contributed by atoms with Crippen LogP contribution in [0.25, 0.3) is 10.2 Å². The number of anilines is 1. The number of pyridine rings is 1. The van der Waals surface area contributed by atoms with Gasteiger partial charge in [-0.3, -0.25) is 4.79 Å². The Morgan fingerprint density at radius 3 is 2.65 bits per heavy atom. The quantitative estimate of drug-likeness (QED) is 0.717. The number of halogens is 2. The van der Waals surface area contributed by atoms with Crippen molar-refractivity contribution >= 4 is 56.3 Å². The second-order valence-corrected chi connectivity index (χ2v) is 5.65. The predicted octanol–water partition coefficient (Wildman–Crippen LogP) is 4.25. The summed E-state index contributed by atoms with van der Waals surface area (Å²) in [6, 6.07) is 8.41. The Hall–Kier alpha value is -1.69. The highest BCUT2D eigenvalue weighted by molar-refractivity contribution is 7.16. The molecule has 0 aliphatic rings. The number of fused-ring (bicyclic) bond motifs is 1. The first-order valence-electron chi connectivity index (χ1n) is 5.59. The summed E-state index contributed by atoms with van der Waals surface area (Å²) in [5.41, 5.74) is 3.67. The van der Waals surface area contributed by atoms with Crippen molar-refractivity contribution in [3.8, 4) is 0 Å². The Balaban J connectivity index is 1.88. The Morgan fingerprint density at radius 2 is 1.90 bits per heavy atom. The molecule has 0 saturated carbocycles. The molecule has 1 N–H and O–H groups in total. The lowest BCUT2D eigenvalue weighted by atomic mass is 10.2. The fourth-order valence-electron chi connectivity index (χ4n) is 1.74. The van der Waals surface area contributed by atoms with Gasteiger partial charge >= 0.3 is 0 Å². The zero-order chi connectivity index (χ0) is 14.1. The van der Waals surface area contributed by atoms with Gasteiger partial charge in [-0.2, -0.15) is 0 Å². The van der Waals surface area contributed by atoms with Crippen LogP contribution in [0, 0.1) is 0 Å². The number of carbonyl (C=O) groups is 1. The van der Waals surface area contributed by atoms with Gasteiger partial charge in [0.15, 0.2) is 0 Å². The van der Waals surface area contributed by atoms with Gasteiger partial charge in [0.25, 0.3) is 5.91 Å². The molecule has 3 rings (SSSR count). The van der Waals surface area contributed by atoms with E-state index in [0.717, 1.165) is 10.2 Å². The van der Waals surface area contributed by atoms with Crippen LogP contribution in [0.3, 0.4) is 0 Å². The summed E-state index contributed by atoms with van der Waals surface area (Å²) >= 11 is 13.1. The van der Waals surface area contributed by atoms with E-state index in [0.29, 0.717) is 11.3 Å². The third-order valence-electron chi connectivity index (χ3n) is 2.61. The maximum absolute atomic E-state index is 12.2. The summed E-state index contributed by atoms with van der Waals surface area (Å²) in [5, 5.41) is 3.19. The lowest BCUT2D eigenvalue weighted by Crippen LogP contribution is -2.11. The molecule has 0 unspecified atom stereocenters. The first kappa shape index (κ1) is 13.3. The molecular weight excluding hydrogens is 317 g/mol. The zero-order valence-electron chi connectivity index (χ0n) is 9.93. The van der Waals surface area contributed by atoms with Crippen LogP contribution in [0.5, 0.6) is 0 Å². The highest BCUT2D eigenvalue weighted by atomic mass is 35.5. The summed E-state index contributed by atoms with van der Waals surface area (Å²) in [6.45, 7) is 0. The van der Waals surface area contributed by atoms with Crippen molar-refractivity contribution in [1.29, 1.82) is 0 Å². The molecule has 0 bridgehead atoms. The summed E-state index contributed by atoms with van der Waals surface area (Å²) < 4.78 is 0.962. The fraction of sp³-hybridized carbons (Fsp3) is 0. The minimum absolute atomic E-state index is 0.228. The Morgan fingerprint density at radius 1 is 1.15 bits per heavy atom. The molecule has 0 radical (unpaired) electrons. The second kappa shape index (κ2) is 5.36. The van der Waals surface area contributed by atoms with Crippen molar-refractivity contribution in [2.24, 2.45) is 0 Å². The van der Waals surface area contributed by atoms with E-state index in [2.05, 4.69) is 15.3 Å². The number of hydrogen-bond acceptors (Lipinski definition) is 4. The van der Waals surface area contributed by atoms with Gasteiger partial charge in [0.2, 0.25) is 0 Å². The molecule has 4 nitrogen and oxygen atoms in total. The van der Waals surface area contributed by atoms with Crippen molar-refractivity contribution in [2.75, 3.05) is 5.32 Å². The van der Waals surface area contributed by atoms with Crippen LogP contribution in [0.1, 0.15) is 10.4 Å². The third-order valence-corrected chi connectivity index (χ3v) is 3.79. The number of amides is 1. The minimum atomic E-state index is -0.237. The number of thiazole rings is 1. The van der Waals surface area contributed by atoms with E-state index in [4.69, 9.17) is 23.2 Å². The van der Waals surface area contributed by atoms with Crippen LogP contribution < -0.4 is 5.32 Å². The smallest absolute Gasteiger partial charge is 0.255 e. The van der Waals surface area contributed by atoms with Crippen LogP contribution >= 0.6 is 34.5 Å². The highest BCUT2D eigenvalue weighted by Crippen LogP contribution is 2.22. The molecule has 0 atom stereocenters. The van der Waals surface area contributed by atoms with Gasteiger partial charge in [-0.25, -0.2) is 9.97 Å². The SMILES string of the molecule is O=C(Nc1cc(Cl)nc(Cl)c1)c1ccc2ncsc2c1. The van der Waals surface area contributed by atoms with Crippen molar-refractivity contribution in [1.82, 2.24) is 9.97 Å². The summed E-state index contributed by atoms with van der Waals surface area (Å²) in [6.07, 6.45) is 0. The molecule has 2 heterocycles. The molecule has 3 aromatic rings. The van der Waals surface area contributed by atoms with Gasteiger partial charge < -0.3 is 5.32 Å². The molecule has 0 spiro atoms. The van der Waals surface area contributed by atoms with Crippen molar-refractivity contribution in [3.63, 3.8) is 0 Å². The number of carbonyl (C=O) groups excluding carboxylic acids is 1. The summed E-state index contributed by atoms with van der Waals surface area (Å²) in [7, 11) is 0. The topological polar surface area (TPSA) is 54.9 Å². The molecule has 1 aromatic carbocycles. The normalized spacial score (nSPS) is 10.7. The number of hydrogen-bond donors (Lipinski definition) is 1. The number of nitrogens with zero attached hydrogens (tertiary/aromatic N) is 2. The van der Waals surface area contributed by atoms with E-state index in [1.54, 1.807) is 17.6 Å². The zero-order valence-corrected chi connectivity index (χ0v) is 12.3. The first-order chi connectivity index (χ1) is 9.61. The molecule has 7 heteroatoms. The van der Waals surface area contributed by atoms with E-state index in [9.17, 15) is 4.79 Å². The summed E-state index contributed by atoms with van der Waals surface area (Å²) in [4.78, 5) is 20.2. The van der Waals surface area contributed by atoms with Gasteiger partial charge in [-0.1, -0.05) is 23.2 Å². The van der Waals surface area contributed by atoms with Crippen LogP contribution in [-0.2, 0) is 0 Å². The second-order valence-electron chi connectivity index (χ2n) is 3.99. The van der Waals surface area contributed by atoms with Crippen molar-refractivity contribution in [2.45, 2.75) is 0 Å². The van der Waals surface area contributed by atoms with E-state index in [1.165, 1.54) is 23.5 Å². The molecule has 100 valence electrons. The Labute approximate surface area is 128 Å². The third kappa shape index (κ3) is 2.75. The molecule has 1 amide bonds. The van der Waals surface area contributed by atoms with Crippen LogP contribution in [0.4, 0.5) is 5.69 Å². The maximum Gasteiger partial charge on any atom is 0.255 e. The van der Waals surface area contributed by atoms with Gasteiger partial charge in [-0.05, 0) is 30.3 Å². The van der Waals surface area contributed by atoms with E-state index in [-0.39, 0.29) is 16.2 Å². The van der Waals surface area contributed by atoms with Crippen LogP contribution in [0.15, 0.2) is 35.8 Å². The van der Waals surface area contributed by atoms with E-state index in [1.807, 2.05) is 6.07 Å². The van der Waals surface area contributed by atoms with Gasteiger partial charge in [0, 0.05) is 11.3 Å². The average molecular weight is 324 g/mol. The van der Waals surface area contributed by atoms with Crippen molar-refractivity contribution in [3.05, 3.63) is 51.7 Å². The van der Waals surface area contributed by atoms with Gasteiger partial charge in [0.05, 0.1) is 15.7 Å². The molecule has 0 aliphatic carbocycles. The standard InChI is InChI=1S/C13H7Cl2N3OS/c14-11-4-8(5-12(15)18-11)17-13(19)7-1-2-9-10(3-7)20-6-16-9/h1-6H,(H,17,18,19). The van der Waals surface area contributed by atoms with E-state index < -0.39 is 0 Å². The number of aromatic nitrogens is 2. The molecule has 0 aliphatic heterocycles. The van der Waals surface area contributed by atoms with Gasteiger partial charge in [-0.15, -0.1) is 11.3 Å². The lowest BCUT2D eigenvalue weighted by molar-refractivity contribution is 0.102. The van der Waals surface area contributed by atoms with E-state index >= 15 is 0 Å². The molecule has 0 fully saturated rings. The molecule has 0 saturated heterocycles. The Bertz CT molecular complexity index is 783. The highest BCUT2D eigenvalue weighted by Gasteiger charge is 2.09. The lowest BCUT2D eigenvalue weighted by Gasteiger charge is -2.06. The average Bonchev–Trinajstić information content (AvgIpc) is 2.84. The first-order valence-corrected chi connectivity index (χ1v) is 7.23. The predicted molar refractivity (Wildman–Crippen MR) is 81.8 cm³/mol. The van der Waals surface area contributed by atoms with Crippen molar-refractivity contribution < 1.29 is 4.79 Å². The monoisotopic (exact) mass is 323 g/mol. The number of nitrogens with one attached hydrogen (secondary N) is 1. The Kier molecular flexibility index (Phi) is 3.56. The molecular formula is C13H7Cl2N3OS. The summed E-state index contributed by atoms with van der Waals surface area (Å²) in [5.74, 6) is -0.237.